The van der Waals surface area contributed by atoms with Gasteiger partial charge in [0.15, 0.2) is 0 Å². The molecule has 6 heteroatoms. The molecule has 0 aliphatic carbocycles. The number of aromatic nitrogens is 2. The van der Waals surface area contributed by atoms with E-state index in [0.29, 0.717) is 0 Å². The van der Waals surface area contributed by atoms with Crippen molar-refractivity contribution in [2.45, 2.75) is 11.5 Å². The van der Waals surface area contributed by atoms with Crippen LogP contribution in [0.2, 0.25) is 11.5 Å². The van der Waals surface area contributed by atoms with Crippen LogP contribution in [-0.2, 0) is 0 Å². The monoisotopic (exact) mass is 632 g/mol. The van der Waals surface area contributed by atoms with Crippen LogP contribution in [0.4, 0.5) is 22.7 Å². The summed E-state index contributed by atoms with van der Waals surface area (Å²) in [4.78, 5) is 9.62. The van der Waals surface area contributed by atoms with Crippen molar-refractivity contribution in [3.63, 3.8) is 0 Å². The first-order chi connectivity index (χ1) is 21.6. The first-order valence-corrected chi connectivity index (χ1v) is 21.4. The van der Waals surface area contributed by atoms with Gasteiger partial charge in [-0.3, -0.25) is 0 Å². The van der Waals surface area contributed by atoms with Gasteiger partial charge in [0.1, 0.15) is 0 Å². The SMILES string of the molecule is [CH3][Ge]1([CH3])[c]2ccc(Oc3ccc4c5ccccc5n(-c5ccccn5)c4c3)cc2N2CN(c3ccccc3)c3ccc[c]1c32. The zero-order valence-corrected chi connectivity index (χ0v) is 26.7. The quantitative estimate of drug-likeness (QED) is 0.183. The Morgan fingerprint density at radius 3 is 2.25 bits per heavy atom. The van der Waals surface area contributed by atoms with Crippen molar-refractivity contribution >= 4 is 66.6 Å². The first kappa shape index (κ1) is 25.5. The maximum atomic E-state index is 6.66. The topological polar surface area (TPSA) is 33.5 Å². The first-order valence-electron chi connectivity index (χ1n) is 15.1. The number of hydrogen-bond donors (Lipinski definition) is 0. The molecule has 0 atom stereocenters. The van der Waals surface area contributed by atoms with E-state index in [0.717, 1.165) is 35.0 Å². The number of hydrogen-bond acceptors (Lipinski definition) is 4. The van der Waals surface area contributed by atoms with Crippen LogP contribution in [-0.4, -0.2) is 29.5 Å². The number of anilines is 4. The second kappa shape index (κ2) is 9.50. The molecule has 5 aromatic carbocycles. The van der Waals surface area contributed by atoms with E-state index < -0.39 is 13.3 Å². The van der Waals surface area contributed by atoms with Gasteiger partial charge >= 0.3 is 254 Å². The van der Waals surface area contributed by atoms with Crippen LogP contribution in [0.1, 0.15) is 0 Å². The fourth-order valence-electron chi connectivity index (χ4n) is 7.21. The fourth-order valence-corrected chi connectivity index (χ4v) is 13.5. The molecule has 9 rings (SSSR count). The molecule has 0 fully saturated rings. The van der Waals surface area contributed by atoms with Gasteiger partial charge in [0.25, 0.3) is 0 Å². The molecule has 0 spiro atoms. The molecule has 0 radical (unpaired) electrons. The van der Waals surface area contributed by atoms with E-state index in [-0.39, 0.29) is 0 Å². The summed E-state index contributed by atoms with van der Waals surface area (Å²) in [6, 6.07) is 45.3. The molecule has 212 valence electrons. The van der Waals surface area contributed by atoms with Gasteiger partial charge in [-0.1, -0.05) is 0 Å². The van der Waals surface area contributed by atoms with Crippen LogP contribution in [0.25, 0.3) is 27.6 Å². The van der Waals surface area contributed by atoms with Crippen LogP contribution >= 0.6 is 0 Å². The average molecular weight is 631 g/mol. The van der Waals surface area contributed by atoms with Crippen molar-refractivity contribution in [1.29, 1.82) is 0 Å². The minimum atomic E-state index is -2.57. The van der Waals surface area contributed by atoms with Gasteiger partial charge in [0, 0.05) is 0 Å². The van der Waals surface area contributed by atoms with Crippen LogP contribution < -0.4 is 23.3 Å². The Morgan fingerprint density at radius 2 is 1.39 bits per heavy atom. The van der Waals surface area contributed by atoms with Crippen molar-refractivity contribution in [3.05, 3.63) is 134 Å². The van der Waals surface area contributed by atoms with E-state index in [1.807, 2.05) is 18.3 Å². The molecule has 0 amide bonds. The minimum absolute atomic E-state index is 0.779. The van der Waals surface area contributed by atoms with E-state index in [1.165, 1.54) is 42.3 Å². The summed E-state index contributed by atoms with van der Waals surface area (Å²) in [5, 5.41) is 2.38. The van der Waals surface area contributed by atoms with Crippen molar-refractivity contribution in [3.8, 4) is 17.3 Å². The van der Waals surface area contributed by atoms with E-state index >= 15 is 0 Å². The number of nitrogens with zero attached hydrogens (tertiary/aromatic N) is 4. The normalized spacial score (nSPS) is 14.6. The molecule has 5 nitrogen and oxygen atoms in total. The van der Waals surface area contributed by atoms with E-state index in [4.69, 9.17) is 4.74 Å². The standard InChI is InChI=1S/C38H30GeN4O/c1-39(2)31-21-19-28(24-36(31)42-25-41(26-11-4-3-5-12-26)34-16-10-14-32(39)38(34)42)44-27-18-20-30-29-13-6-7-15-33(29)43(35(30)23-27)37-17-8-9-22-40-37/h3-24H,25H2,1-2H3. The predicted octanol–water partition coefficient (Wildman–Crippen LogP) is 8.35. The van der Waals surface area contributed by atoms with Gasteiger partial charge in [0.2, 0.25) is 0 Å². The number of para-hydroxylation sites is 3. The predicted molar refractivity (Wildman–Crippen MR) is 184 cm³/mol. The fraction of sp³-hybridized carbons (Fsp3) is 0.0789. The summed E-state index contributed by atoms with van der Waals surface area (Å²) < 4.78 is 11.9. The van der Waals surface area contributed by atoms with Gasteiger partial charge < -0.3 is 0 Å². The molecular weight excluding hydrogens is 601 g/mol. The molecule has 2 aliphatic heterocycles. The Morgan fingerprint density at radius 1 is 0.614 bits per heavy atom. The van der Waals surface area contributed by atoms with Crippen LogP contribution in [0.3, 0.4) is 0 Å². The molecule has 0 N–H and O–H groups in total. The number of ether oxygens (including phenoxy) is 1. The maximum absolute atomic E-state index is 6.66. The second-order valence-electron chi connectivity index (χ2n) is 12.1. The summed E-state index contributed by atoms with van der Waals surface area (Å²) in [5.74, 6) is 7.58. The third-order valence-electron chi connectivity index (χ3n) is 9.29. The Kier molecular flexibility index (Phi) is 5.50. The summed E-state index contributed by atoms with van der Waals surface area (Å²) >= 11 is -2.57. The molecule has 0 saturated carbocycles. The zero-order valence-electron chi connectivity index (χ0n) is 24.6. The molecule has 0 unspecified atom stereocenters. The second-order valence-corrected chi connectivity index (χ2v) is 21.2. The van der Waals surface area contributed by atoms with E-state index in [9.17, 15) is 0 Å². The summed E-state index contributed by atoms with van der Waals surface area (Å²) in [6.07, 6.45) is 1.84. The Labute approximate surface area is 258 Å². The molecule has 4 heterocycles. The van der Waals surface area contributed by atoms with Crippen molar-refractivity contribution in [2.75, 3.05) is 16.5 Å². The Balaban J connectivity index is 1.15. The molecule has 0 saturated heterocycles. The summed E-state index contributed by atoms with van der Waals surface area (Å²) in [5.41, 5.74) is 7.35. The zero-order chi connectivity index (χ0) is 29.4. The van der Waals surface area contributed by atoms with Gasteiger partial charge in [-0.2, -0.15) is 0 Å². The third kappa shape index (κ3) is 3.69. The van der Waals surface area contributed by atoms with Crippen molar-refractivity contribution in [2.24, 2.45) is 0 Å². The van der Waals surface area contributed by atoms with Crippen molar-refractivity contribution < 1.29 is 4.74 Å². The van der Waals surface area contributed by atoms with Gasteiger partial charge in [-0.05, 0) is 6.07 Å². The molecular formula is C38H30GeN4O. The Bertz CT molecular complexity index is 2230. The van der Waals surface area contributed by atoms with Gasteiger partial charge in [-0.25, -0.2) is 0 Å². The number of rotatable bonds is 4. The summed E-state index contributed by atoms with van der Waals surface area (Å²) in [6.45, 7) is 0.779. The molecule has 44 heavy (non-hydrogen) atoms. The average Bonchev–Trinajstić information content (AvgIpc) is 3.61. The molecule has 7 aromatic rings. The van der Waals surface area contributed by atoms with E-state index in [2.05, 4.69) is 146 Å². The number of benzene rings is 5. The van der Waals surface area contributed by atoms with Gasteiger partial charge in [0.05, 0.1) is 0 Å². The molecule has 0 bridgehead atoms. The third-order valence-corrected chi connectivity index (χ3v) is 16.7. The number of fused-ring (bicyclic) bond motifs is 5. The van der Waals surface area contributed by atoms with Crippen molar-refractivity contribution in [1.82, 2.24) is 9.55 Å². The Hall–Kier alpha value is -5.01. The van der Waals surface area contributed by atoms with Gasteiger partial charge in [-0.15, -0.1) is 0 Å². The molecule has 2 aromatic heterocycles. The van der Waals surface area contributed by atoms with Crippen LogP contribution in [0.15, 0.2) is 134 Å². The summed E-state index contributed by atoms with van der Waals surface area (Å²) in [7, 11) is 0. The van der Waals surface area contributed by atoms with Crippen LogP contribution in [0.5, 0.6) is 11.5 Å². The number of pyridine rings is 1. The van der Waals surface area contributed by atoms with Crippen LogP contribution in [0, 0.1) is 0 Å². The van der Waals surface area contributed by atoms with E-state index in [1.54, 1.807) is 0 Å². The molecule has 2 aliphatic rings.